The average Bonchev–Trinajstić information content (AvgIpc) is 3.15. The van der Waals surface area contributed by atoms with Crippen LogP contribution in [0.1, 0.15) is 63.4 Å². The highest BCUT2D eigenvalue weighted by Gasteiger charge is 2.29. The third-order valence-electron chi connectivity index (χ3n) is 5.57. The van der Waals surface area contributed by atoms with Crippen LogP contribution < -0.4 is 10.3 Å². The van der Waals surface area contributed by atoms with Crippen LogP contribution in [0.5, 0.6) is 5.75 Å². The number of pyridine rings is 1. The van der Waals surface area contributed by atoms with Gasteiger partial charge in [-0.25, -0.2) is 4.79 Å². The quantitative estimate of drug-likeness (QED) is 0.468. The summed E-state index contributed by atoms with van der Waals surface area (Å²) in [6, 6.07) is 8.72. The molecule has 0 N–H and O–H groups in total. The number of ether oxygens (including phenoxy) is 2. The van der Waals surface area contributed by atoms with Crippen molar-refractivity contribution in [1.82, 2.24) is 14.3 Å². The summed E-state index contributed by atoms with van der Waals surface area (Å²) in [5.41, 5.74) is 3.56. The number of nitrogens with zero attached hydrogens (tertiary/aromatic N) is 3. The first-order valence-corrected chi connectivity index (χ1v) is 11.5. The van der Waals surface area contributed by atoms with E-state index in [1.807, 2.05) is 20.0 Å². The maximum Gasteiger partial charge on any atom is 0.330 e. The molecule has 3 rings (SSSR count). The lowest BCUT2D eigenvalue weighted by molar-refractivity contribution is -0.159. The molecule has 182 valence electrons. The topological polar surface area (TPSA) is 75.3 Å². The van der Waals surface area contributed by atoms with Crippen LogP contribution in [0.25, 0.3) is 11.1 Å². The fourth-order valence-electron chi connectivity index (χ4n) is 3.99. The Morgan fingerprint density at radius 3 is 2.38 bits per heavy atom. The van der Waals surface area contributed by atoms with E-state index in [9.17, 15) is 9.59 Å². The predicted molar refractivity (Wildman–Crippen MR) is 133 cm³/mol. The molecule has 1 unspecified atom stereocenters. The van der Waals surface area contributed by atoms with Crippen LogP contribution in [0.3, 0.4) is 0 Å². The molecule has 2 heterocycles. The number of esters is 1. The molecule has 0 aliphatic heterocycles. The van der Waals surface area contributed by atoms with Crippen LogP contribution in [0.4, 0.5) is 0 Å². The zero-order valence-corrected chi connectivity index (χ0v) is 21.4. The van der Waals surface area contributed by atoms with Crippen molar-refractivity contribution in [2.75, 3.05) is 7.11 Å². The van der Waals surface area contributed by atoms with Crippen LogP contribution in [-0.2, 0) is 23.0 Å². The highest BCUT2D eigenvalue weighted by Crippen LogP contribution is 2.35. The Bertz CT molecular complexity index is 1230. The largest absolute Gasteiger partial charge is 0.495 e. The normalized spacial score (nSPS) is 12.6. The van der Waals surface area contributed by atoms with Gasteiger partial charge >= 0.3 is 5.97 Å². The fourth-order valence-corrected chi connectivity index (χ4v) is 3.99. The maximum absolute atomic E-state index is 13.4. The number of hydrogen-bond donors (Lipinski definition) is 0. The van der Waals surface area contributed by atoms with Gasteiger partial charge in [0, 0.05) is 31.3 Å². The molecule has 0 fully saturated rings. The summed E-state index contributed by atoms with van der Waals surface area (Å²) in [4.78, 5) is 26.6. The summed E-state index contributed by atoms with van der Waals surface area (Å²) < 4.78 is 14.5. The van der Waals surface area contributed by atoms with Gasteiger partial charge in [0.05, 0.1) is 19.0 Å². The van der Waals surface area contributed by atoms with Gasteiger partial charge in [0.2, 0.25) is 0 Å². The van der Waals surface area contributed by atoms with Crippen molar-refractivity contribution in [1.29, 1.82) is 0 Å². The van der Waals surface area contributed by atoms with Crippen LogP contribution in [-0.4, -0.2) is 33.0 Å². The van der Waals surface area contributed by atoms with Gasteiger partial charge in [-0.3, -0.25) is 14.0 Å². The lowest BCUT2D eigenvalue weighted by atomic mass is 9.91. The van der Waals surface area contributed by atoms with Gasteiger partial charge in [-0.2, -0.15) is 5.10 Å². The molecule has 0 amide bonds. The van der Waals surface area contributed by atoms with E-state index < -0.39 is 17.6 Å². The molecule has 7 nitrogen and oxygen atoms in total. The molecule has 0 aliphatic carbocycles. The summed E-state index contributed by atoms with van der Waals surface area (Å²) in [5.74, 6) is 0.288. The predicted octanol–water partition coefficient (Wildman–Crippen LogP) is 4.81. The van der Waals surface area contributed by atoms with E-state index in [1.165, 1.54) is 4.57 Å². The van der Waals surface area contributed by atoms with E-state index >= 15 is 0 Å². The van der Waals surface area contributed by atoms with Crippen molar-refractivity contribution < 1.29 is 14.3 Å². The number of benzene rings is 1. The minimum atomic E-state index is -0.883. The Kier molecular flexibility index (Phi) is 7.34. The van der Waals surface area contributed by atoms with Crippen LogP contribution in [0.2, 0.25) is 0 Å². The second-order valence-electron chi connectivity index (χ2n) is 9.98. The van der Waals surface area contributed by atoms with Crippen molar-refractivity contribution in [3.63, 3.8) is 0 Å². The van der Waals surface area contributed by atoms with Gasteiger partial charge < -0.3 is 9.47 Å². The van der Waals surface area contributed by atoms with Crippen molar-refractivity contribution >= 4 is 5.97 Å². The van der Waals surface area contributed by atoms with E-state index in [2.05, 4.69) is 37.1 Å². The highest BCUT2D eigenvalue weighted by molar-refractivity contribution is 5.77. The number of hydrogen-bond acceptors (Lipinski definition) is 5. The molecule has 0 aliphatic rings. The monoisotopic (exact) mass is 465 g/mol. The van der Waals surface area contributed by atoms with Gasteiger partial charge in [0.1, 0.15) is 17.4 Å². The summed E-state index contributed by atoms with van der Waals surface area (Å²) in [6.45, 7) is 11.7. The van der Waals surface area contributed by atoms with Gasteiger partial charge in [-0.1, -0.05) is 37.6 Å². The highest BCUT2D eigenvalue weighted by atomic mass is 16.6. The van der Waals surface area contributed by atoms with E-state index in [0.717, 1.165) is 16.7 Å². The first kappa shape index (κ1) is 25.3. The van der Waals surface area contributed by atoms with E-state index in [0.29, 0.717) is 17.0 Å². The van der Waals surface area contributed by atoms with E-state index in [-0.39, 0.29) is 17.9 Å². The Morgan fingerprint density at radius 1 is 1.12 bits per heavy atom. The molecule has 0 spiro atoms. The second-order valence-corrected chi connectivity index (χ2v) is 9.98. The molecular formula is C27H35N3O4. The molecular weight excluding hydrogens is 430 g/mol. The summed E-state index contributed by atoms with van der Waals surface area (Å²) in [5, 5.41) is 4.40. The molecule has 3 aromatic rings. The van der Waals surface area contributed by atoms with Gasteiger partial charge in [-0.05, 0) is 50.8 Å². The summed E-state index contributed by atoms with van der Waals surface area (Å²) >= 11 is 0. The Balaban J connectivity index is 2.15. The Labute approximate surface area is 201 Å². The van der Waals surface area contributed by atoms with E-state index in [1.54, 1.807) is 51.0 Å². The number of methoxy groups -OCH3 is 1. The molecule has 1 aromatic carbocycles. The molecule has 0 bridgehead atoms. The summed E-state index contributed by atoms with van der Waals surface area (Å²) in [7, 11) is 3.38. The molecule has 0 saturated heterocycles. The number of carbonyl (C=O) groups is 1. The van der Waals surface area contributed by atoms with Crippen molar-refractivity contribution in [3.8, 4) is 16.9 Å². The zero-order chi connectivity index (χ0) is 25.2. The van der Waals surface area contributed by atoms with Crippen LogP contribution in [0, 0.1) is 6.92 Å². The lowest BCUT2D eigenvalue weighted by Crippen LogP contribution is -2.36. The number of carbonyl (C=O) groups excluding carboxylic acids is 1. The zero-order valence-electron chi connectivity index (χ0n) is 21.4. The standard InChI is InChI=1S/C27H35N3O4/c1-17(2)20-10-9-18(3)13-21(20)22-15-25(31)30(16-24(22)33-8)23(26(32)34-27(4,5)6)14-19-11-12-29(7)28-19/h9-13,15-17,23H,14H2,1-8H3. The minimum Gasteiger partial charge on any atom is -0.495 e. The third-order valence-corrected chi connectivity index (χ3v) is 5.57. The number of aryl methyl sites for hydroxylation is 2. The minimum absolute atomic E-state index is 0.222. The van der Waals surface area contributed by atoms with Gasteiger partial charge in [-0.15, -0.1) is 0 Å². The average molecular weight is 466 g/mol. The Hall–Kier alpha value is -3.35. The molecule has 0 saturated carbocycles. The van der Waals surface area contributed by atoms with Crippen LogP contribution in [0.15, 0.2) is 47.5 Å². The maximum atomic E-state index is 13.4. The third kappa shape index (κ3) is 5.76. The van der Waals surface area contributed by atoms with Crippen molar-refractivity contribution in [2.24, 2.45) is 7.05 Å². The Morgan fingerprint density at radius 2 is 1.82 bits per heavy atom. The number of aromatic nitrogens is 3. The van der Waals surface area contributed by atoms with Crippen molar-refractivity contribution in [3.05, 3.63) is 69.9 Å². The fraction of sp³-hybridized carbons (Fsp3) is 0.444. The smallest absolute Gasteiger partial charge is 0.330 e. The van der Waals surface area contributed by atoms with Gasteiger partial charge in [0.15, 0.2) is 0 Å². The number of rotatable bonds is 7. The molecule has 34 heavy (non-hydrogen) atoms. The molecule has 7 heteroatoms. The van der Waals surface area contributed by atoms with E-state index in [4.69, 9.17) is 9.47 Å². The van der Waals surface area contributed by atoms with Gasteiger partial charge in [0.25, 0.3) is 5.56 Å². The molecule has 1 atom stereocenters. The SMILES string of the molecule is COc1cn(C(Cc2ccn(C)n2)C(=O)OC(C)(C)C)c(=O)cc1-c1cc(C)ccc1C(C)C. The molecule has 2 aromatic heterocycles. The van der Waals surface area contributed by atoms with Crippen molar-refractivity contribution in [2.45, 2.75) is 65.5 Å². The molecule has 0 radical (unpaired) electrons. The first-order chi connectivity index (χ1) is 15.9. The lowest BCUT2D eigenvalue weighted by Gasteiger charge is -2.25. The van der Waals surface area contributed by atoms with Crippen LogP contribution >= 0.6 is 0 Å². The second kappa shape index (κ2) is 9.87. The first-order valence-electron chi connectivity index (χ1n) is 11.5. The summed E-state index contributed by atoms with van der Waals surface area (Å²) in [6.07, 6.45) is 3.64.